The maximum atomic E-state index is 11.3. The second-order valence-electron chi connectivity index (χ2n) is 4.47. The van der Waals surface area contributed by atoms with Gasteiger partial charge in [-0.25, -0.2) is 0 Å². The molecule has 1 aliphatic rings. The molecule has 18 heavy (non-hydrogen) atoms. The van der Waals surface area contributed by atoms with Crippen LogP contribution in [0.2, 0.25) is 0 Å². The van der Waals surface area contributed by atoms with Crippen LogP contribution in [0.25, 0.3) is 0 Å². The summed E-state index contributed by atoms with van der Waals surface area (Å²) in [5, 5.41) is 8.63. The van der Waals surface area contributed by atoms with Gasteiger partial charge in [0.05, 0.1) is 19.8 Å². The van der Waals surface area contributed by atoms with Gasteiger partial charge in [-0.1, -0.05) is 0 Å². The smallest absolute Gasteiger partial charge is 0.159 e. The van der Waals surface area contributed by atoms with E-state index in [0.29, 0.717) is 13.2 Å². The molecule has 98 valence electrons. The van der Waals surface area contributed by atoms with E-state index in [1.165, 1.54) is 11.3 Å². The minimum Gasteiger partial charge on any atom is -0.394 e. The number of hydrogen-bond acceptors (Lipinski definition) is 4. The van der Waals surface area contributed by atoms with E-state index in [0.717, 1.165) is 25.1 Å². The first-order chi connectivity index (χ1) is 8.72. The van der Waals surface area contributed by atoms with E-state index in [2.05, 4.69) is 4.90 Å². The largest absolute Gasteiger partial charge is 0.394 e. The van der Waals surface area contributed by atoms with E-state index >= 15 is 0 Å². The van der Waals surface area contributed by atoms with Crippen LogP contribution in [0, 0.1) is 0 Å². The molecule has 0 bridgehead atoms. The minimum absolute atomic E-state index is 0.0680. The first kappa shape index (κ1) is 13.1. The number of aliphatic hydroxyl groups excluding tert-OH is 1. The Morgan fingerprint density at radius 2 is 2.28 bits per heavy atom. The molecule has 1 N–H and O–H groups in total. The Kier molecular flexibility index (Phi) is 4.33. The zero-order valence-corrected chi connectivity index (χ0v) is 10.7. The van der Waals surface area contributed by atoms with Crippen LogP contribution in [0.1, 0.15) is 22.8 Å². The topological polar surface area (TPSA) is 49.8 Å². The second kappa shape index (κ2) is 5.98. The summed E-state index contributed by atoms with van der Waals surface area (Å²) in [4.78, 5) is 13.6. The quantitative estimate of drug-likeness (QED) is 0.609. The van der Waals surface area contributed by atoms with Gasteiger partial charge in [-0.15, -0.1) is 0 Å². The summed E-state index contributed by atoms with van der Waals surface area (Å²) in [7, 11) is 0. The molecular formula is C14H19NO3. The molecule has 0 atom stereocenters. The lowest BCUT2D eigenvalue weighted by Gasteiger charge is -2.19. The molecule has 0 saturated carbocycles. The number of carbonyl (C=O) groups excluding carboxylic acids is 1. The van der Waals surface area contributed by atoms with Crippen molar-refractivity contribution in [1.82, 2.24) is 0 Å². The van der Waals surface area contributed by atoms with Crippen molar-refractivity contribution in [2.45, 2.75) is 13.3 Å². The third-order valence-electron chi connectivity index (χ3n) is 3.22. The van der Waals surface area contributed by atoms with Crippen molar-refractivity contribution in [3.05, 3.63) is 29.3 Å². The number of Topliss-reactive ketones (excluding diaryl/α,β-unsaturated/α-hetero) is 1. The lowest BCUT2D eigenvalue weighted by Crippen LogP contribution is -2.25. The molecule has 0 saturated heterocycles. The van der Waals surface area contributed by atoms with Crippen molar-refractivity contribution in [3.63, 3.8) is 0 Å². The molecule has 1 heterocycles. The van der Waals surface area contributed by atoms with Gasteiger partial charge in [0.25, 0.3) is 0 Å². The molecule has 0 amide bonds. The highest BCUT2D eigenvalue weighted by Gasteiger charge is 2.19. The molecule has 0 aromatic heterocycles. The molecule has 4 heteroatoms. The highest BCUT2D eigenvalue weighted by Crippen LogP contribution is 2.28. The lowest BCUT2D eigenvalue weighted by atomic mass is 10.1. The summed E-state index contributed by atoms with van der Waals surface area (Å²) in [6, 6.07) is 5.89. The number of anilines is 1. The number of benzene rings is 1. The van der Waals surface area contributed by atoms with Crippen molar-refractivity contribution in [1.29, 1.82) is 0 Å². The summed E-state index contributed by atoms with van der Waals surface area (Å²) in [6.45, 7) is 4.47. The van der Waals surface area contributed by atoms with Crippen LogP contribution in [-0.2, 0) is 11.2 Å². The molecular weight excluding hydrogens is 230 g/mol. The first-order valence-corrected chi connectivity index (χ1v) is 6.30. The van der Waals surface area contributed by atoms with Crippen molar-refractivity contribution in [3.8, 4) is 0 Å². The molecule has 1 aliphatic heterocycles. The predicted molar refractivity (Wildman–Crippen MR) is 70.3 cm³/mol. The Hall–Kier alpha value is -1.39. The van der Waals surface area contributed by atoms with Crippen LogP contribution in [-0.4, -0.2) is 43.8 Å². The van der Waals surface area contributed by atoms with E-state index in [1.54, 1.807) is 6.92 Å². The maximum Gasteiger partial charge on any atom is 0.159 e. The van der Waals surface area contributed by atoms with Gasteiger partial charge in [-0.3, -0.25) is 4.79 Å². The van der Waals surface area contributed by atoms with E-state index in [9.17, 15) is 4.79 Å². The molecule has 0 radical (unpaired) electrons. The maximum absolute atomic E-state index is 11.3. The monoisotopic (exact) mass is 249 g/mol. The van der Waals surface area contributed by atoms with E-state index in [-0.39, 0.29) is 12.4 Å². The molecule has 0 aliphatic carbocycles. The summed E-state index contributed by atoms with van der Waals surface area (Å²) in [6.07, 6.45) is 0.983. The fourth-order valence-corrected chi connectivity index (χ4v) is 2.26. The minimum atomic E-state index is 0.0680. The zero-order valence-electron chi connectivity index (χ0n) is 10.7. The van der Waals surface area contributed by atoms with Gasteiger partial charge in [-0.2, -0.15) is 0 Å². The number of nitrogens with zero attached hydrogens (tertiary/aromatic N) is 1. The Morgan fingerprint density at radius 1 is 1.44 bits per heavy atom. The Bertz CT molecular complexity index is 431. The van der Waals surface area contributed by atoms with Crippen LogP contribution in [0.4, 0.5) is 5.69 Å². The van der Waals surface area contributed by atoms with Crippen molar-refractivity contribution < 1.29 is 14.6 Å². The molecule has 0 spiro atoms. The predicted octanol–water partition coefficient (Wildman–Crippen LogP) is 1.26. The molecule has 4 nitrogen and oxygen atoms in total. The van der Waals surface area contributed by atoms with Crippen LogP contribution in [0.5, 0.6) is 0 Å². The Morgan fingerprint density at radius 3 is 3.00 bits per heavy atom. The fraction of sp³-hybridized carbons (Fsp3) is 0.500. The Balaban J connectivity index is 1.98. The lowest BCUT2D eigenvalue weighted by molar-refractivity contribution is 0.0968. The summed E-state index contributed by atoms with van der Waals surface area (Å²) in [5.74, 6) is 0.113. The van der Waals surface area contributed by atoms with Crippen LogP contribution in [0.3, 0.4) is 0 Å². The highest BCUT2D eigenvalue weighted by molar-refractivity contribution is 5.94. The average molecular weight is 249 g/mol. The van der Waals surface area contributed by atoms with Crippen LogP contribution in [0.15, 0.2) is 18.2 Å². The van der Waals surface area contributed by atoms with Crippen molar-refractivity contribution in [2.24, 2.45) is 0 Å². The standard InChI is InChI=1S/C14H19NO3/c1-11(17)12-2-3-14-13(10-12)4-5-15(14)6-8-18-9-7-16/h2-3,10,16H,4-9H2,1H3. The highest BCUT2D eigenvalue weighted by atomic mass is 16.5. The number of hydrogen-bond donors (Lipinski definition) is 1. The van der Waals surface area contributed by atoms with Gasteiger partial charge in [-0.05, 0) is 37.1 Å². The molecule has 0 fully saturated rings. The molecule has 2 rings (SSSR count). The van der Waals surface area contributed by atoms with Crippen molar-refractivity contribution >= 4 is 11.5 Å². The van der Waals surface area contributed by atoms with Gasteiger partial charge in [0, 0.05) is 24.3 Å². The van der Waals surface area contributed by atoms with Crippen molar-refractivity contribution in [2.75, 3.05) is 37.8 Å². The number of fused-ring (bicyclic) bond motifs is 1. The average Bonchev–Trinajstić information content (AvgIpc) is 2.77. The van der Waals surface area contributed by atoms with Gasteiger partial charge in [0.15, 0.2) is 5.78 Å². The second-order valence-corrected chi connectivity index (χ2v) is 4.47. The third-order valence-corrected chi connectivity index (χ3v) is 3.22. The van der Waals surface area contributed by atoms with Gasteiger partial charge >= 0.3 is 0 Å². The van der Waals surface area contributed by atoms with E-state index in [4.69, 9.17) is 9.84 Å². The normalized spacial score (nSPS) is 13.8. The number of ketones is 1. The SMILES string of the molecule is CC(=O)c1ccc2c(c1)CCN2CCOCCO. The third kappa shape index (κ3) is 2.89. The van der Waals surface area contributed by atoms with Crippen LogP contribution >= 0.6 is 0 Å². The zero-order chi connectivity index (χ0) is 13.0. The summed E-state index contributed by atoms with van der Waals surface area (Å²) < 4.78 is 5.28. The Labute approximate surface area is 107 Å². The fourth-order valence-electron chi connectivity index (χ4n) is 2.26. The molecule has 1 aromatic carbocycles. The van der Waals surface area contributed by atoms with E-state index in [1.807, 2.05) is 18.2 Å². The number of carbonyl (C=O) groups is 1. The number of rotatable bonds is 6. The van der Waals surface area contributed by atoms with Gasteiger partial charge < -0.3 is 14.7 Å². The number of aliphatic hydroxyl groups is 1. The van der Waals surface area contributed by atoms with E-state index < -0.39 is 0 Å². The summed E-state index contributed by atoms with van der Waals surface area (Å²) in [5.41, 5.74) is 3.23. The molecule has 0 unspecified atom stereocenters. The number of ether oxygens (including phenoxy) is 1. The summed E-state index contributed by atoms with van der Waals surface area (Å²) >= 11 is 0. The van der Waals surface area contributed by atoms with Gasteiger partial charge in [0.2, 0.25) is 0 Å². The first-order valence-electron chi connectivity index (χ1n) is 6.30. The van der Waals surface area contributed by atoms with Crippen LogP contribution < -0.4 is 4.90 Å². The molecule has 1 aromatic rings. The van der Waals surface area contributed by atoms with Gasteiger partial charge in [0.1, 0.15) is 0 Å².